The average Bonchev–Trinajstić information content (AvgIpc) is 3.09. The topological polar surface area (TPSA) is 70.2 Å². The summed E-state index contributed by atoms with van der Waals surface area (Å²) in [6.07, 6.45) is 0. The highest BCUT2D eigenvalue weighted by Gasteiger charge is 2.63. The molecule has 3 amide bonds. The molecule has 7 heteroatoms. The van der Waals surface area contributed by atoms with E-state index in [0.29, 0.717) is 32.8 Å². The Labute approximate surface area is 152 Å². The second-order valence-electron chi connectivity index (χ2n) is 7.25. The van der Waals surface area contributed by atoms with E-state index in [1.165, 1.54) is 6.92 Å². The molecule has 2 fully saturated rings. The number of rotatable bonds is 1. The van der Waals surface area contributed by atoms with Gasteiger partial charge in [-0.2, -0.15) is 0 Å². The summed E-state index contributed by atoms with van der Waals surface area (Å²) in [4.78, 5) is 44.1. The second kappa shape index (κ2) is 6.09. The molecule has 0 N–H and O–H groups in total. The normalized spacial score (nSPS) is 28.0. The van der Waals surface area contributed by atoms with Gasteiger partial charge in [0.15, 0.2) is 5.41 Å². The minimum Gasteiger partial charge on any atom is -0.378 e. The molecule has 4 rings (SSSR count). The van der Waals surface area contributed by atoms with E-state index >= 15 is 0 Å². The van der Waals surface area contributed by atoms with E-state index in [0.717, 1.165) is 11.3 Å². The number of carbonyl (C=O) groups excluding carboxylic acids is 3. The molecule has 138 valence electrons. The fourth-order valence-corrected chi connectivity index (χ4v) is 4.53. The van der Waals surface area contributed by atoms with E-state index in [1.54, 1.807) is 21.7 Å². The van der Waals surface area contributed by atoms with E-state index in [4.69, 9.17) is 4.74 Å². The van der Waals surface area contributed by atoms with Crippen molar-refractivity contribution in [2.75, 3.05) is 51.3 Å². The van der Waals surface area contributed by atoms with Crippen molar-refractivity contribution in [3.8, 4) is 0 Å². The van der Waals surface area contributed by atoms with Gasteiger partial charge in [-0.15, -0.1) is 0 Å². The molecule has 0 aromatic heterocycles. The third-order valence-electron chi connectivity index (χ3n) is 5.92. The Bertz CT molecular complexity index is 774. The van der Waals surface area contributed by atoms with Crippen molar-refractivity contribution in [2.45, 2.75) is 12.8 Å². The first-order valence-electron chi connectivity index (χ1n) is 8.96. The number of ether oxygens (including phenoxy) is 1. The molecule has 0 bridgehead atoms. The van der Waals surface area contributed by atoms with Crippen molar-refractivity contribution in [2.24, 2.45) is 5.41 Å². The molecule has 3 aliphatic heterocycles. The quantitative estimate of drug-likeness (QED) is 0.685. The van der Waals surface area contributed by atoms with Gasteiger partial charge in [0.1, 0.15) is 0 Å². The van der Waals surface area contributed by atoms with E-state index in [-0.39, 0.29) is 30.2 Å². The Morgan fingerprint density at radius 2 is 1.85 bits per heavy atom. The molecule has 0 saturated carbocycles. The molecule has 0 spiro atoms. The molecule has 2 atom stereocenters. The van der Waals surface area contributed by atoms with Crippen LogP contribution in [0.1, 0.15) is 18.4 Å². The molecular formula is C19H23N3O4. The third kappa shape index (κ3) is 2.26. The van der Waals surface area contributed by atoms with Crippen LogP contribution in [0.5, 0.6) is 0 Å². The zero-order valence-corrected chi connectivity index (χ0v) is 15.1. The lowest BCUT2D eigenvalue weighted by atomic mass is 9.69. The van der Waals surface area contributed by atoms with Gasteiger partial charge in [-0.25, -0.2) is 0 Å². The molecule has 3 heterocycles. The minimum absolute atomic E-state index is 0.110. The van der Waals surface area contributed by atoms with Gasteiger partial charge in [-0.3, -0.25) is 14.4 Å². The highest BCUT2D eigenvalue weighted by atomic mass is 16.5. The number of amides is 3. The number of fused-ring (bicyclic) bond motifs is 3. The lowest BCUT2D eigenvalue weighted by molar-refractivity contribution is -0.153. The molecule has 1 aromatic rings. The number of likely N-dealkylation sites (tertiary alicyclic amines) is 1. The number of carbonyl (C=O) groups is 3. The lowest BCUT2D eigenvalue weighted by Gasteiger charge is -2.44. The number of nitrogens with zero attached hydrogens (tertiary/aromatic N) is 3. The average molecular weight is 357 g/mol. The molecule has 0 radical (unpaired) electrons. The number of hydrogen-bond donors (Lipinski definition) is 0. The van der Waals surface area contributed by atoms with Gasteiger partial charge in [0.2, 0.25) is 17.7 Å². The van der Waals surface area contributed by atoms with Crippen molar-refractivity contribution < 1.29 is 19.1 Å². The molecule has 0 aliphatic carbocycles. The maximum Gasteiger partial charge on any atom is 0.244 e. The van der Waals surface area contributed by atoms with Crippen molar-refractivity contribution in [1.29, 1.82) is 0 Å². The van der Waals surface area contributed by atoms with Gasteiger partial charge in [-0.05, 0) is 11.6 Å². The fraction of sp³-hybridized carbons (Fsp3) is 0.526. The number of anilines is 1. The van der Waals surface area contributed by atoms with Crippen LogP contribution in [0.2, 0.25) is 0 Å². The molecule has 26 heavy (non-hydrogen) atoms. The predicted molar refractivity (Wildman–Crippen MR) is 94.7 cm³/mol. The molecule has 3 aliphatic rings. The predicted octanol–water partition coefficient (Wildman–Crippen LogP) is 0.454. The summed E-state index contributed by atoms with van der Waals surface area (Å²) in [6.45, 7) is 3.93. The summed E-state index contributed by atoms with van der Waals surface area (Å²) in [5.74, 6) is -0.828. The van der Waals surface area contributed by atoms with E-state index in [9.17, 15) is 14.4 Å². The smallest absolute Gasteiger partial charge is 0.244 e. The monoisotopic (exact) mass is 357 g/mol. The molecule has 1 aromatic carbocycles. The summed E-state index contributed by atoms with van der Waals surface area (Å²) in [5, 5.41) is 0. The van der Waals surface area contributed by atoms with Crippen LogP contribution in [0.15, 0.2) is 24.3 Å². The molecule has 0 unspecified atom stereocenters. The van der Waals surface area contributed by atoms with E-state index < -0.39 is 5.41 Å². The highest BCUT2D eigenvalue weighted by molar-refractivity contribution is 6.15. The first-order valence-corrected chi connectivity index (χ1v) is 8.96. The Kier molecular flexibility index (Phi) is 3.99. The largest absolute Gasteiger partial charge is 0.378 e. The van der Waals surface area contributed by atoms with Crippen molar-refractivity contribution in [3.63, 3.8) is 0 Å². The van der Waals surface area contributed by atoms with Crippen LogP contribution < -0.4 is 4.90 Å². The maximum atomic E-state index is 13.6. The van der Waals surface area contributed by atoms with Crippen LogP contribution in [0.4, 0.5) is 5.69 Å². The number of benzene rings is 1. The van der Waals surface area contributed by atoms with Crippen molar-refractivity contribution in [3.05, 3.63) is 29.8 Å². The van der Waals surface area contributed by atoms with Crippen LogP contribution in [-0.4, -0.2) is 74.0 Å². The Morgan fingerprint density at radius 1 is 1.15 bits per heavy atom. The van der Waals surface area contributed by atoms with Gasteiger partial charge >= 0.3 is 0 Å². The first kappa shape index (κ1) is 17.0. The van der Waals surface area contributed by atoms with Gasteiger partial charge < -0.3 is 19.4 Å². The molecule has 2 saturated heterocycles. The van der Waals surface area contributed by atoms with E-state index in [2.05, 4.69) is 0 Å². The summed E-state index contributed by atoms with van der Waals surface area (Å²) in [7, 11) is 1.71. The van der Waals surface area contributed by atoms with Crippen molar-refractivity contribution in [1.82, 2.24) is 9.80 Å². The summed E-state index contributed by atoms with van der Waals surface area (Å²) in [5.41, 5.74) is 0.532. The number of hydrogen-bond acceptors (Lipinski definition) is 4. The number of para-hydroxylation sites is 1. The van der Waals surface area contributed by atoms with Crippen LogP contribution in [0, 0.1) is 5.41 Å². The van der Waals surface area contributed by atoms with Crippen LogP contribution in [0.25, 0.3) is 0 Å². The highest BCUT2D eigenvalue weighted by Crippen LogP contribution is 2.52. The van der Waals surface area contributed by atoms with Gasteiger partial charge in [0, 0.05) is 51.8 Å². The van der Waals surface area contributed by atoms with Gasteiger partial charge in [-0.1, -0.05) is 18.2 Å². The van der Waals surface area contributed by atoms with Crippen molar-refractivity contribution >= 4 is 23.4 Å². The first-order chi connectivity index (χ1) is 12.5. The molecular weight excluding hydrogens is 334 g/mol. The Morgan fingerprint density at radius 3 is 2.54 bits per heavy atom. The van der Waals surface area contributed by atoms with Gasteiger partial charge in [0.25, 0.3) is 0 Å². The maximum absolute atomic E-state index is 13.6. The lowest BCUT2D eigenvalue weighted by Crippen LogP contribution is -2.60. The molecule has 7 nitrogen and oxygen atoms in total. The van der Waals surface area contributed by atoms with Gasteiger partial charge in [0.05, 0.1) is 13.2 Å². The summed E-state index contributed by atoms with van der Waals surface area (Å²) >= 11 is 0. The van der Waals surface area contributed by atoms with Crippen LogP contribution in [0.3, 0.4) is 0 Å². The Hall–Kier alpha value is -2.41. The fourth-order valence-electron chi connectivity index (χ4n) is 4.53. The van der Waals surface area contributed by atoms with Crippen LogP contribution >= 0.6 is 0 Å². The van der Waals surface area contributed by atoms with E-state index in [1.807, 2.05) is 24.3 Å². The standard InChI is InChI=1S/C19H23N3O4/c1-13(23)22-11-15-14-5-3-4-6-16(14)20(2)17(24)19(15,12-22)18(25)21-7-9-26-10-8-21/h3-6,15H,7-12H2,1-2H3/t15-,19+/m0/s1. The summed E-state index contributed by atoms with van der Waals surface area (Å²) in [6, 6.07) is 7.67. The second-order valence-corrected chi connectivity index (χ2v) is 7.25. The zero-order chi connectivity index (χ0) is 18.5. The minimum atomic E-state index is -1.24. The third-order valence-corrected chi connectivity index (χ3v) is 5.92. The Balaban J connectivity index is 1.84. The zero-order valence-electron chi connectivity index (χ0n) is 15.1. The summed E-state index contributed by atoms with van der Waals surface area (Å²) < 4.78 is 5.36. The SMILES string of the molecule is CC(=O)N1C[C@H]2c3ccccc3N(C)C(=O)[C@@]2(C(=O)N2CCOCC2)C1. The number of morpholine rings is 1. The van der Waals surface area contributed by atoms with Crippen LogP contribution in [-0.2, 0) is 19.1 Å².